The fraction of sp³-hybridized carbons (Fsp3) is 0.583. The number of aromatic nitrogens is 1. The van der Waals surface area contributed by atoms with Crippen molar-refractivity contribution in [2.75, 3.05) is 19.6 Å². The number of piperazine rings is 1. The van der Waals surface area contributed by atoms with Gasteiger partial charge in [-0.25, -0.2) is 0 Å². The summed E-state index contributed by atoms with van der Waals surface area (Å²) >= 11 is 0. The van der Waals surface area contributed by atoms with Gasteiger partial charge in [0.25, 0.3) is 0 Å². The molecule has 0 spiro atoms. The summed E-state index contributed by atoms with van der Waals surface area (Å²) in [6.07, 6.45) is 1.88. The van der Waals surface area contributed by atoms with E-state index in [0.29, 0.717) is 6.04 Å². The van der Waals surface area contributed by atoms with Crippen molar-refractivity contribution in [3.8, 4) is 0 Å². The Bertz CT molecular complexity index is 324. The molecule has 1 atom stereocenters. The molecule has 0 aliphatic carbocycles. The zero-order valence-electron chi connectivity index (χ0n) is 9.53. The first-order valence-electron chi connectivity index (χ1n) is 5.62. The second kappa shape index (κ2) is 4.73. The van der Waals surface area contributed by atoms with Crippen molar-refractivity contribution in [3.05, 3.63) is 29.6 Å². The van der Waals surface area contributed by atoms with Gasteiger partial charge in [0, 0.05) is 38.4 Å². The molecule has 0 amide bonds. The summed E-state index contributed by atoms with van der Waals surface area (Å²) in [6, 6.07) is 4.75. The second-order valence-corrected chi connectivity index (χ2v) is 4.29. The number of hydrogen-bond donors (Lipinski definition) is 1. The van der Waals surface area contributed by atoms with Crippen LogP contribution in [0.4, 0.5) is 0 Å². The van der Waals surface area contributed by atoms with E-state index < -0.39 is 0 Å². The van der Waals surface area contributed by atoms with Crippen molar-refractivity contribution in [3.63, 3.8) is 0 Å². The molecule has 1 N–H and O–H groups in total. The third-order valence-electron chi connectivity index (χ3n) is 3.11. The zero-order chi connectivity index (χ0) is 10.7. The first-order valence-corrected chi connectivity index (χ1v) is 5.62. The normalized spacial score (nSPS) is 22.9. The van der Waals surface area contributed by atoms with E-state index in [-0.39, 0.29) is 0 Å². The van der Waals surface area contributed by atoms with E-state index in [1.165, 1.54) is 11.3 Å². The molecule has 1 aliphatic heterocycles. The van der Waals surface area contributed by atoms with Crippen LogP contribution < -0.4 is 5.32 Å². The lowest BCUT2D eigenvalue weighted by atomic mass is 10.1. The van der Waals surface area contributed by atoms with Crippen molar-refractivity contribution in [2.24, 2.45) is 0 Å². The van der Waals surface area contributed by atoms with Gasteiger partial charge in [0.05, 0.1) is 5.69 Å². The van der Waals surface area contributed by atoms with Crippen LogP contribution in [-0.4, -0.2) is 35.6 Å². The minimum atomic E-state index is 0.611. The molecular formula is C12H19N3. The first-order chi connectivity index (χ1) is 7.27. The molecule has 1 unspecified atom stereocenters. The summed E-state index contributed by atoms with van der Waals surface area (Å²) in [7, 11) is 0. The van der Waals surface area contributed by atoms with Crippen molar-refractivity contribution in [1.82, 2.24) is 15.2 Å². The fourth-order valence-corrected chi connectivity index (χ4v) is 1.99. The Balaban J connectivity index is 2.04. The zero-order valence-corrected chi connectivity index (χ0v) is 9.53. The van der Waals surface area contributed by atoms with Gasteiger partial charge in [0.15, 0.2) is 0 Å². The van der Waals surface area contributed by atoms with Crippen LogP contribution in [0.5, 0.6) is 0 Å². The lowest BCUT2D eigenvalue weighted by molar-refractivity contribution is 0.163. The predicted octanol–water partition coefficient (Wildman–Crippen LogP) is 1.18. The summed E-state index contributed by atoms with van der Waals surface area (Å²) in [6.45, 7) is 8.69. The Hall–Kier alpha value is -0.930. The summed E-state index contributed by atoms with van der Waals surface area (Å²) in [5.41, 5.74) is 2.51. The van der Waals surface area contributed by atoms with Gasteiger partial charge in [0.1, 0.15) is 0 Å². The fourth-order valence-electron chi connectivity index (χ4n) is 1.99. The van der Waals surface area contributed by atoms with Crippen LogP contribution in [0.2, 0.25) is 0 Å². The molecule has 82 valence electrons. The molecule has 0 aromatic carbocycles. The molecule has 3 heteroatoms. The quantitative estimate of drug-likeness (QED) is 0.786. The highest BCUT2D eigenvalue weighted by Crippen LogP contribution is 2.11. The third-order valence-corrected chi connectivity index (χ3v) is 3.11. The number of rotatable bonds is 2. The van der Waals surface area contributed by atoms with Crippen LogP contribution in [0.1, 0.15) is 18.2 Å². The number of aryl methyl sites for hydroxylation is 1. The Kier molecular flexibility index (Phi) is 3.34. The molecule has 15 heavy (non-hydrogen) atoms. The summed E-state index contributed by atoms with van der Waals surface area (Å²) in [5, 5.41) is 3.40. The minimum absolute atomic E-state index is 0.611. The van der Waals surface area contributed by atoms with E-state index in [1.807, 2.05) is 12.3 Å². The SMILES string of the molecule is Cc1cccnc1CN1CCNCC1C. The molecule has 1 fully saturated rings. The summed E-state index contributed by atoms with van der Waals surface area (Å²) in [4.78, 5) is 6.94. The standard InChI is InChI=1S/C12H19N3/c1-10-4-3-5-14-12(10)9-15-7-6-13-8-11(15)2/h3-5,11,13H,6-9H2,1-2H3. The Morgan fingerprint density at radius 1 is 1.60 bits per heavy atom. The third kappa shape index (κ3) is 2.55. The van der Waals surface area contributed by atoms with Gasteiger partial charge < -0.3 is 5.32 Å². The van der Waals surface area contributed by atoms with E-state index in [9.17, 15) is 0 Å². The molecule has 1 aliphatic rings. The van der Waals surface area contributed by atoms with Crippen LogP contribution in [-0.2, 0) is 6.54 Å². The molecule has 2 heterocycles. The van der Waals surface area contributed by atoms with E-state index >= 15 is 0 Å². The highest BCUT2D eigenvalue weighted by Gasteiger charge is 2.18. The molecule has 1 aromatic heterocycles. The highest BCUT2D eigenvalue weighted by molar-refractivity contribution is 5.17. The van der Waals surface area contributed by atoms with E-state index in [1.54, 1.807) is 0 Å². The number of pyridine rings is 1. The van der Waals surface area contributed by atoms with Gasteiger partial charge in [-0.1, -0.05) is 6.07 Å². The summed E-state index contributed by atoms with van der Waals surface area (Å²) < 4.78 is 0. The van der Waals surface area contributed by atoms with Crippen LogP contribution in [0.3, 0.4) is 0 Å². The molecule has 0 radical (unpaired) electrons. The van der Waals surface area contributed by atoms with E-state index in [2.05, 4.69) is 35.1 Å². The van der Waals surface area contributed by atoms with Crippen LogP contribution >= 0.6 is 0 Å². The Morgan fingerprint density at radius 3 is 3.20 bits per heavy atom. The van der Waals surface area contributed by atoms with Crippen molar-refractivity contribution in [2.45, 2.75) is 26.4 Å². The molecule has 0 bridgehead atoms. The topological polar surface area (TPSA) is 28.2 Å². The number of nitrogens with one attached hydrogen (secondary N) is 1. The van der Waals surface area contributed by atoms with Crippen molar-refractivity contribution < 1.29 is 0 Å². The van der Waals surface area contributed by atoms with E-state index in [0.717, 1.165) is 26.2 Å². The average molecular weight is 205 g/mol. The van der Waals surface area contributed by atoms with Crippen LogP contribution in [0.25, 0.3) is 0 Å². The van der Waals surface area contributed by atoms with E-state index in [4.69, 9.17) is 0 Å². The molecule has 0 saturated carbocycles. The Labute approximate surface area is 91.5 Å². The lowest BCUT2D eigenvalue weighted by Gasteiger charge is -2.33. The molecule has 3 nitrogen and oxygen atoms in total. The van der Waals surface area contributed by atoms with Gasteiger partial charge in [-0.15, -0.1) is 0 Å². The van der Waals surface area contributed by atoms with Crippen LogP contribution in [0, 0.1) is 6.92 Å². The van der Waals surface area contributed by atoms with Gasteiger partial charge in [-0.05, 0) is 25.5 Å². The summed E-state index contributed by atoms with van der Waals surface area (Å²) in [5.74, 6) is 0. The monoisotopic (exact) mass is 205 g/mol. The molecule has 1 aromatic rings. The van der Waals surface area contributed by atoms with Gasteiger partial charge >= 0.3 is 0 Å². The maximum absolute atomic E-state index is 4.44. The second-order valence-electron chi connectivity index (χ2n) is 4.29. The van der Waals surface area contributed by atoms with Crippen molar-refractivity contribution >= 4 is 0 Å². The lowest BCUT2D eigenvalue weighted by Crippen LogP contribution is -2.49. The van der Waals surface area contributed by atoms with Gasteiger partial charge in [-0.3, -0.25) is 9.88 Å². The first kappa shape index (κ1) is 10.6. The molecular weight excluding hydrogens is 186 g/mol. The number of nitrogens with zero attached hydrogens (tertiary/aromatic N) is 2. The maximum atomic E-state index is 4.44. The molecule has 2 rings (SSSR count). The van der Waals surface area contributed by atoms with Gasteiger partial charge in [-0.2, -0.15) is 0 Å². The predicted molar refractivity (Wildman–Crippen MR) is 61.7 cm³/mol. The largest absolute Gasteiger partial charge is 0.314 e. The van der Waals surface area contributed by atoms with Crippen molar-refractivity contribution in [1.29, 1.82) is 0 Å². The number of hydrogen-bond acceptors (Lipinski definition) is 3. The highest BCUT2D eigenvalue weighted by atomic mass is 15.2. The van der Waals surface area contributed by atoms with Gasteiger partial charge in [0.2, 0.25) is 0 Å². The Morgan fingerprint density at radius 2 is 2.47 bits per heavy atom. The van der Waals surface area contributed by atoms with Crippen LogP contribution in [0.15, 0.2) is 18.3 Å². The maximum Gasteiger partial charge on any atom is 0.0573 e. The average Bonchev–Trinajstić information content (AvgIpc) is 2.24. The smallest absolute Gasteiger partial charge is 0.0573 e. The minimum Gasteiger partial charge on any atom is -0.314 e. The molecule has 1 saturated heterocycles.